The van der Waals surface area contributed by atoms with Gasteiger partial charge in [-0.2, -0.15) is 8.42 Å². The third-order valence-electron chi connectivity index (χ3n) is 4.31. The summed E-state index contributed by atoms with van der Waals surface area (Å²) in [4.78, 5) is 24.1. The zero-order valence-corrected chi connectivity index (χ0v) is 16.9. The molecule has 1 unspecified atom stereocenters. The number of hydrogen-bond donors (Lipinski definition) is 1. The van der Waals surface area contributed by atoms with Crippen molar-refractivity contribution in [1.29, 1.82) is 0 Å². The van der Waals surface area contributed by atoms with Gasteiger partial charge in [0.2, 0.25) is 0 Å². The fourth-order valence-electron chi connectivity index (χ4n) is 2.82. The second-order valence-electron chi connectivity index (χ2n) is 6.16. The van der Waals surface area contributed by atoms with E-state index in [9.17, 15) is 18.0 Å². The van der Waals surface area contributed by atoms with Crippen LogP contribution in [0.3, 0.4) is 0 Å². The molecule has 152 valence electrons. The van der Waals surface area contributed by atoms with Crippen LogP contribution in [0.15, 0.2) is 77.7 Å². The molecule has 0 aliphatic carbocycles. The predicted octanol–water partition coefficient (Wildman–Crippen LogP) is 4.16. The highest BCUT2D eigenvalue weighted by Crippen LogP contribution is 2.23. The highest BCUT2D eigenvalue weighted by Gasteiger charge is 2.27. The average Bonchev–Trinajstić information content (AvgIpc) is 2.74. The Morgan fingerprint density at radius 2 is 1.52 bits per heavy atom. The molecular formula is C22H22O6S. The van der Waals surface area contributed by atoms with Crippen LogP contribution < -0.4 is 0 Å². The number of rotatable bonds is 5. The molecule has 0 aliphatic heterocycles. The highest BCUT2D eigenvalue weighted by molar-refractivity contribution is 7.85. The van der Waals surface area contributed by atoms with Gasteiger partial charge >= 0.3 is 5.97 Å². The van der Waals surface area contributed by atoms with E-state index >= 15 is 0 Å². The van der Waals surface area contributed by atoms with Crippen molar-refractivity contribution in [2.45, 2.75) is 18.2 Å². The monoisotopic (exact) mass is 414 g/mol. The molecule has 3 aromatic rings. The lowest BCUT2D eigenvalue weighted by Gasteiger charge is -2.13. The first kappa shape index (κ1) is 22.3. The third kappa shape index (κ3) is 5.73. The quantitative estimate of drug-likeness (QED) is 0.291. The van der Waals surface area contributed by atoms with E-state index in [2.05, 4.69) is 0 Å². The minimum Gasteiger partial charge on any atom is -0.468 e. The molecule has 0 saturated carbocycles. The van der Waals surface area contributed by atoms with Gasteiger partial charge in [-0.15, -0.1) is 0 Å². The molecule has 1 atom stereocenters. The first-order valence-electron chi connectivity index (χ1n) is 8.92. The van der Waals surface area contributed by atoms with Crippen molar-refractivity contribution >= 4 is 32.6 Å². The van der Waals surface area contributed by atoms with Crippen molar-refractivity contribution in [2.75, 3.05) is 7.11 Å². The van der Waals surface area contributed by atoms with E-state index in [0.717, 1.165) is 10.8 Å². The van der Waals surface area contributed by atoms with Crippen LogP contribution in [-0.4, -0.2) is 31.8 Å². The van der Waals surface area contributed by atoms with Crippen LogP contribution in [0.4, 0.5) is 0 Å². The van der Waals surface area contributed by atoms with Gasteiger partial charge in [0, 0.05) is 5.56 Å². The van der Waals surface area contributed by atoms with Gasteiger partial charge in [-0.3, -0.25) is 14.1 Å². The molecule has 0 saturated heterocycles. The predicted molar refractivity (Wildman–Crippen MR) is 110 cm³/mol. The molecule has 0 aromatic heterocycles. The van der Waals surface area contributed by atoms with Crippen LogP contribution in [0.5, 0.6) is 0 Å². The molecule has 0 spiro atoms. The Hall–Kier alpha value is -3.03. The summed E-state index contributed by atoms with van der Waals surface area (Å²) in [6, 6.07) is 20.6. The highest BCUT2D eigenvalue weighted by atomic mass is 32.2. The van der Waals surface area contributed by atoms with E-state index in [1.807, 2.05) is 43.3 Å². The van der Waals surface area contributed by atoms with Crippen molar-refractivity contribution in [3.05, 3.63) is 78.4 Å². The molecule has 0 fully saturated rings. The summed E-state index contributed by atoms with van der Waals surface area (Å²) >= 11 is 0. The van der Waals surface area contributed by atoms with Crippen LogP contribution in [0.1, 0.15) is 23.7 Å². The van der Waals surface area contributed by atoms with Gasteiger partial charge in [-0.25, -0.2) is 0 Å². The zero-order valence-electron chi connectivity index (χ0n) is 16.1. The number of carbonyl (C=O) groups is 2. The Morgan fingerprint density at radius 3 is 2.07 bits per heavy atom. The number of methoxy groups -OCH3 is 1. The minimum absolute atomic E-state index is 0.0741. The standard InChI is InChI=1S/C16H16O3.C6H6O3S/c1-3-12(16(18)19-2)15(17)14-10-6-8-11-7-4-5-9-13(11)14;7-10(8,9)6-4-2-1-3-5-6/h4-10,12H,3H2,1-2H3;1-5H,(H,7,8,9). The molecule has 29 heavy (non-hydrogen) atoms. The Balaban J connectivity index is 0.000000253. The molecule has 3 aromatic carbocycles. The molecule has 0 radical (unpaired) electrons. The van der Waals surface area contributed by atoms with Crippen molar-refractivity contribution < 1.29 is 27.3 Å². The van der Waals surface area contributed by atoms with Gasteiger partial charge in [0.15, 0.2) is 5.78 Å². The normalized spacial score (nSPS) is 11.8. The SMILES string of the molecule is CCC(C(=O)OC)C(=O)c1cccc2ccccc12.O=S(=O)(O)c1ccccc1. The van der Waals surface area contributed by atoms with E-state index < -0.39 is 22.0 Å². The molecule has 6 nitrogen and oxygen atoms in total. The average molecular weight is 414 g/mol. The van der Waals surface area contributed by atoms with Crippen molar-refractivity contribution in [3.8, 4) is 0 Å². The maximum atomic E-state index is 12.5. The molecule has 0 bridgehead atoms. The first-order chi connectivity index (χ1) is 13.8. The number of hydrogen-bond acceptors (Lipinski definition) is 5. The summed E-state index contributed by atoms with van der Waals surface area (Å²) in [6.07, 6.45) is 0.439. The van der Waals surface area contributed by atoms with Crippen LogP contribution in [0, 0.1) is 5.92 Å². The topological polar surface area (TPSA) is 97.7 Å². The molecule has 0 heterocycles. The van der Waals surface area contributed by atoms with E-state index in [-0.39, 0.29) is 10.7 Å². The summed E-state index contributed by atoms with van der Waals surface area (Å²) in [5, 5.41) is 1.87. The van der Waals surface area contributed by atoms with Crippen LogP contribution in [-0.2, 0) is 19.6 Å². The fourth-order valence-corrected chi connectivity index (χ4v) is 3.32. The van der Waals surface area contributed by atoms with Crippen molar-refractivity contribution in [1.82, 2.24) is 0 Å². The van der Waals surface area contributed by atoms with Gasteiger partial charge in [0.05, 0.1) is 12.0 Å². The van der Waals surface area contributed by atoms with E-state index in [4.69, 9.17) is 9.29 Å². The molecule has 0 aliphatic rings. The molecule has 3 rings (SSSR count). The zero-order chi connectivity index (χ0) is 21.4. The third-order valence-corrected chi connectivity index (χ3v) is 5.17. The van der Waals surface area contributed by atoms with E-state index in [1.165, 1.54) is 19.2 Å². The van der Waals surface area contributed by atoms with Crippen LogP contribution in [0.2, 0.25) is 0 Å². The number of benzene rings is 3. The number of ketones is 1. The largest absolute Gasteiger partial charge is 0.468 e. The van der Waals surface area contributed by atoms with Gasteiger partial charge in [-0.05, 0) is 29.3 Å². The maximum Gasteiger partial charge on any atom is 0.316 e. The maximum absolute atomic E-state index is 12.5. The second-order valence-corrected chi connectivity index (χ2v) is 7.58. The van der Waals surface area contributed by atoms with Crippen molar-refractivity contribution in [3.63, 3.8) is 0 Å². The number of ether oxygens (including phenoxy) is 1. The lowest BCUT2D eigenvalue weighted by Crippen LogP contribution is -2.25. The summed E-state index contributed by atoms with van der Waals surface area (Å²) < 4.78 is 33.9. The lowest BCUT2D eigenvalue weighted by molar-refractivity contribution is -0.143. The number of fused-ring (bicyclic) bond motifs is 1. The first-order valence-corrected chi connectivity index (χ1v) is 10.4. The van der Waals surface area contributed by atoms with Gasteiger partial charge in [0.25, 0.3) is 10.1 Å². The van der Waals surface area contributed by atoms with Gasteiger partial charge in [-0.1, -0.05) is 67.6 Å². The fraction of sp³-hybridized carbons (Fsp3) is 0.182. The van der Waals surface area contributed by atoms with Crippen LogP contribution in [0.25, 0.3) is 10.8 Å². The van der Waals surface area contributed by atoms with Crippen molar-refractivity contribution in [2.24, 2.45) is 5.92 Å². The number of Topliss-reactive ketones (excluding diaryl/α,β-unsaturated/α-hetero) is 1. The van der Waals surface area contributed by atoms with E-state index in [0.29, 0.717) is 12.0 Å². The molecule has 1 N–H and O–H groups in total. The molecule has 7 heteroatoms. The molecular weight excluding hydrogens is 392 g/mol. The Bertz CT molecular complexity index is 1090. The van der Waals surface area contributed by atoms with Gasteiger partial charge < -0.3 is 4.74 Å². The number of carbonyl (C=O) groups excluding carboxylic acids is 2. The minimum atomic E-state index is -4.00. The van der Waals surface area contributed by atoms with Crippen LogP contribution >= 0.6 is 0 Å². The smallest absolute Gasteiger partial charge is 0.316 e. The Labute approximate surface area is 169 Å². The lowest BCUT2D eigenvalue weighted by atomic mass is 9.92. The summed E-state index contributed by atoms with van der Waals surface area (Å²) in [6.45, 7) is 1.81. The second kappa shape index (κ2) is 9.95. The Morgan fingerprint density at radius 1 is 0.931 bits per heavy atom. The summed E-state index contributed by atoms with van der Waals surface area (Å²) in [7, 11) is -2.70. The molecule has 0 amide bonds. The Kier molecular flexibility index (Phi) is 7.64. The van der Waals surface area contributed by atoms with E-state index in [1.54, 1.807) is 24.3 Å². The summed E-state index contributed by atoms with van der Waals surface area (Å²) in [5.41, 5.74) is 0.579. The summed E-state index contributed by atoms with van der Waals surface area (Å²) in [5.74, 6) is -1.37. The van der Waals surface area contributed by atoms with Gasteiger partial charge in [0.1, 0.15) is 5.92 Å². The number of esters is 1.